The standard InChI is InChI=1S/C20H17F3N2O4S/c1-12(2)29-17(26)11-25-18(27)16(30-19(25)28)10-15-7-4-8-24(15)14-6-3-5-13(9-14)20(21,22)23/h3-10,12H,11H2,1-2H3/b16-10+. The van der Waals surface area contributed by atoms with Gasteiger partial charge in [-0.1, -0.05) is 6.07 Å². The number of rotatable bonds is 5. The molecule has 1 aromatic carbocycles. The van der Waals surface area contributed by atoms with Crippen LogP contribution in [0, 0.1) is 0 Å². The number of halogens is 3. The molecule has 6 nitrogen and oxygen atoms in total. The van der Waals surface area contributed by atoms with Crippen LogP contribution in [0.2, 0.25) is 0 Å². The Morgan fingerprint density at radius 2 is 1.93 bits per heavy atom. The molecule has 1 saturated heterocycles. The smallest absolute Gasteiger partial charge is 0.416 e. The quantitative estimate of drug-likeness (QED) is 0.509. The highest BCUT2D eigenvalue weighted by Gasteiger charge is 2.37. The molecule has 2 heterocycles. The third-order valence-electron chi connectivity index (χ3n) is 4.04. The first-order valence-corrected chi connectivity index (χ1v) is 9.68. The molecule has 0 aliphatic carbocycles. The number of alkyl halides is 3. The number of amides is 2. The highest BCUT2D eigenvalue weighted by molar-refractivity contribution is 8.18. The predicted molar refractivity (Wildman–Crippen MR) is 105 cm³/mol. The van der Waals surface area contributed by atoms with E-state index >= 15 is 0 Å². The summed E-state index contributed by atoms with van der Waals surface area (Å²) in [7, 11) is 0. The summed E-state index contributed by atoms with van der Waals surface area (Å²) in [5.74, 6) is -1.37. The van der Waals surface area contributed by atoms with Gasteiger partial charge in [0.2, 0.25) is 0 Å². The molecule has 1 aliphatic rings. The van der Waals surface area contributed by atoms with Crippen molar-refractivity contribution in [3.05, 3.63) is 58.8 Å². The maximum atomic E-state index is 13.0. The summed E-state index contributed by atoms with van der Waals surface area (Å²) in [4.78, 5) is 37.3. The number of imide groups is 1. The summed E-state index contributed by atoms with van der Waals surface area (Å²) < 4.78 is 45.4. The summed E-state index contributed by atoms with van der Waals surface area (Å²) in [5.41, 5.74) is -0.144. The number of esters is 1. The number of nitrogens with zero attached hydrogens (tertiary/aromatic N) is 2. The van der Waals surface area contributed by atoms with Gasteiger partial charge in [-0.2, -0.15) is 13.2 Å². The van der Waals surface area contributed by atoms with Gasteiger partial charge in [0.15, 0.2) is 0 Å². The van der Waals surface area contributed by atoms with Crippen molar-refractivity contribution in [1.29, 1.82) is 0 Å². The highest BCUT2D eigenvalue weighted by atomic mass is 32.2. The van der Waals surface area contributed by atoms with Gasteiger partial charge in [0.05, 0.1) is 16.6 Å². The molecule has 1 aliphatic heterocycles. The molecule has 0 unspecified atom stereocenters. The van der Waals surface area contributed by atoms with Crippen LogP contribution in [0.1, 0.15) is 25.1 Å². The number of carbonyl (C=O) groups is 3. The topological polar surface area (TPSA) is 68.6 Å². The van der Waals surface area contributed by atoms with E-state index in [1.807, 2.05) is 0 Å². The van der Waals surface area contributed by atoms with Crippen LogP contribution in [-0.4, -0.2) is 39.2 Å². The van der Waals surface area contributed by atoms with Crippen LogP contribution < -0.4 is 0 Å². The fourth-order valence-corrected chi connectivity index (χ4v) is 3.60. The Morgan fingerprint density at radius 3 is 2.60 bits per heavy atom. The second-order valence-corrected chi connectivity index (χ2v) is 7.65. The SMILES string of the molecule is CC(C)OC(=O)CN1C(=O)S/C(=C/c2cccn2-c2cccc(C(F)(F)F)c2)C1=O. The molecule has 1 fully saturated rings. The Kier molecular flexibility index (Phi) is 6.06. The van der Waals surface area contributed by atoms with Crippen LogP contribution in [0.5, 0.6) is 0 Å². The molecule has 0 N–H and O–H groups in total. The van der Waals surface area contributed by atoms with Crippen molar-refractivity contribution in [3.8, 4) is 5.69 Å². The van der Waals surface area contributed by atoms with Crippen molar-refractivity contribution in [1.82, 2.24) is 9.47 Å². The van der Waals surface area contributed by atoms with Crippen LogP contribution in [0.4, 0.5) is 18.0 Å². The monoisotopic (exact) mass is 438 g/mol. The third kappa shape index (κ3) is 4.76. The Morgan fingerprint density at radius 1 is 1.20 bits per heavy atom. The van der Waals surface area contributed by atoms with E-state index < -0.39 is 35.4 Å². The molecule has 10 heteroatoms. The molecule has 3 rings (SSSR count). The van der Waals surface area contributed by atoms with E-state index in [-0.39, 0.29) is 16.7 Å². The number of carbonyl (C=O) groups excluding carboxylic acids is 3. The van der Waals surface area contributed by atoms with Gasteiger partial charge >= 0.3 is 12.1 Å². The van der Waals surface area contributed by atoms with Gasteiger partial charge in [-0.15, -0.1) is 0 Å². The van der Waals surface area contributed by atoms with Crippen molar-refractivity contribution in [2.75, 3.05) is 6.54 Å². The van der Waals surface area contributed by atoms with E-state index in [0.29, 0.717) is 17.5 Å². The first kappa shape index (κ1) is 21.7. The molecule has 0 saturated carbocycles. The molecule has 0 radical (unpaired) electrons. The van der Waals surface area contributed by atoms with E-state index in [1.165, 1.54) is 22.8 Å². The highest BCUT2D eigenvalue weighted by Crippen LogP contribution is 2.34. The molecule has 0 bridgehead atoms. The Labute approximate surface area is 174 Å². The first-order chi connectivity index (χ1) is 14.1. The normalized spacial score (nSPS) is 16.1. The molecule has 0 spiro atoms. The largest absolute Gasteiger partial charge is 0.462 e. The van der Waals surface area contributed by atoms with Crippen molar-refractivity contribution < 1.29 is 32.3 Å². The lowest BCUT2D eigenvalue weighted by Crippen LogP contribution is -2.35. The molecule has 158 valence electrons. The predicted octanol–water partition coefficient (Wildman–Crippen LogP) is 4.48. The van der Waals surface area contributed by atoms with Gasteiger partial charge in [-0.25, -0.2) is 0 Å². The van der Waals surface area contributed by atoms with Gasteiger partial charge in [-0.3, -0.25) is 19.3 Å². The maximum absolute atomic E-state index is 13.0. The molecule has 1 aromatic heterocycles. The zero-order chi connectivity index (χ0) is 22.1. The van der Waals surface area contributed by atoms with Crippen LogP contribution >= 0.6 is 11.8 Å². The van der Waals surface area contributed by atoms with E-state index in [1.54, 1.807) is 32.2 Å². The minimum atomic E-state index is -4.49. The molecule has 0 atom stereocenters. The Balaban J connectivity index is 1.86. The van der Waals surface area contributed by atoms with Crippen molar-refractivity contribution in [2.45, 2.75) is 26.1 Å². The molecular weight excluding hydrogens is 421 g/mol. The second-order valence-electron chi connectivity index (χ2n) is 6.66. The van der Waals surface area contributed by atoms with Crippen molar-refractivity contribution >= 4 is 35.0 Å². The van der Waals surface area contributed by atoms with Gasteiger partial charge < -0.3 is 9.30 Å². The van der Waals surface area contributed by atoms with Crippen LogP contribution in [0.3, 0.4) is 0 Å². The molecule has 2 amide bonds. The van der Waals surface area contributed by atoms with Crippen LogP contribution in [-0.2, 0) is 20.5 Å². The summed E-state index contributed by atoms with van der Waals surface area (Å²) >= 11 is 0.650. The zero-order valence-electron chi connectivity index (χ0n) is 16.0. The van der Waals surface area contributed by atoms with Crippen LogP contribution in [0.25, 0.3) is 11.8 Å². The van der Waals surface area contributed by atoms with E-state index in [2.05, 4.69) is 0 Å². The number of benzene rings is 1. The van der Waals surface area contributed by atoms with Crippen LogP contribution in [0.15, 0.2) is 47.5 Å². The van der Waals surface area contributed by atoms with E-state index in [0.717, 1.165) is 17.0 Å². The number of aromatic nitrogens is 1. The lowest BCUT2D eigenvalue weighted by Gasteiger charge is -2.13. The maximum Gasteiger partial charge on any atom is 0.416 e. The summed E-state index contributed by atoms with van der Waals surface area (Å²) in [5, 5.41) is -0.621. The Hall–Kier alpha value is -3.01. The van der Waals surface area contributed by atoms with Gasteiger partial charge in [0.1, 0.15) is 6.54 Å². The Bertz CT molecular complexity index is 1030. The number of thioether (sulfide) groups is 1. The van der Waals surface area contributed by atoms with Gasteiger partial charge in [-0.05, 0) is 62.0 Å². The third-order valence-corrected chi connectivity index (χ3v) is 4.95. The second kappa shape index (κ2) is 8.39. The van der Waals surface area contributed by atoms with Crippen molar-refractivity contribution in [3.63, 3.8) is 0 Å². The summed E-state index contributed by atoms with van der Waals surface area (Å²) in [6.45, 7) is 2.79. The molecular formula is C20H17F3N2O4S. The van der Waals surface area contributed by atoms with Crippen molar-refractivity contribution in [2.24, 2.45) is 0 Å². The fourth-order valence-electron chi connectivity index (χ4n) is 2.78. The van der Waals surface area contributed by atoms with E-state index in [9.17, 15) is 27.6 Å². The summed E-state index contributed by atoms with van der Waals surface area (Å²) in [6, 6.07) is 7.95. The molecule has 2 aromatic rings. The van der Waals surface area contributed by atoms with Gasteiger partial charge in [0.25, 0.3) is 11.1 Å². The van der Waals surface area contributed by atoms with E-state index in [4.69, 9.17) is 4.74 Å². The lowest BCUT2D eigenvalue weighted by molar-refractivity contribution is -0.149. The number of hydrogen-bond donors (Lipinski definition) is 0. The summed E-state index contributed by atoms with van der Waals surface area (Å²) in [6.07, 6.45) is -1.93. The molecule has 30 heavy (non-hydrogen) atoms. The van der Waals surface area contributed by atoms with Gasteiger partial charge in [0, 0.05) is 17.6 Å². The fraction of sp³-hybridized carbons (Fsp3) is 0.250. The number of hydrogen-bond acceptors (Lipinski definition) is 5. The average molecular weight is 438 g/mol. The minimum absolute atomic E-state index is 0.0595. The zero-order valence-corrected chi connectivity index (χ0v) is 16.8. The first-order valence-electron chi connectivity index (χ1n) is 8.86. The lowest BCUT2D eigenvalue weighted by atomic mass is 10.2. The minimum Gasteiger partial charge on any atom is -0.462 e. The number of ether oxygens (including phenoxy) is 1. The average Bonchev–Trinajstić information content (AvgIpc) is 3.21.